The number of hydrogen-bond acceptors (Lipinski definition) is 3. The second kappa shape index (κ2) is 31.4. The van der Waals surface area contributed by atoms with Crippen LogP contribution in [0, 0.1) is 0 Å². The van der Waals surface area contributed by atoms with Gasteiger partial charge in [-0.1, -0.05) is 59.3 Å². The molecule has 0 saturated heterocycles. The molecule has 3 heteroatoms. The second-order valence-corrected chi connectivity index (χ2v) is 4.99. The zero-order chi connectivity index (χ0) is 16.6. The molecular formula is C18H36O3. The Labute approximate surface area is 131 Å². The Morgan fingerprint density at radius 3 is 1.14 bits per heavy atom. The highest BCUT2D eigenvalue weighted by Gasteiger charge is 1.83. The van der Waals surface area contributed by atoms with E-state index in [9.17, 15) is 14.4 Å². The van der Waals surface area contributed by atoms with Crippen LogP contribution < -0.4 is 0 Å². The van der Waals surface area contributed by atoms with Gasteiger partial charge in [0.05, 0.1) is 0 Å². The molecule has 0 bridgehead atoms. The SMILES string of the molecule is CCCCC=O.CCCCCC=O.CCCCCCC=O. The van der Waals surface area contributed by atoms with Gasteiger partial charge < -0.3 is 14.4 Å². The topological polar surface area (TPSA) is 51.2 Å². The highest BCUT2D eigenvalue weighted by molar-refractivity contribution is 5.49. The minimum absolute atomic E-state index is 0.733. The van der Waals surface area contributed by atoms with E-state index < -0.39 is 0 Å². The molecule has 0 saturated carbocycles. The van der Waals surface area contributed by atoms with Crippen molar-refractivity contribution in [1.82, 2.24) is 0 Å². The lowest BCUT2D eigenvalue weighted by atomic mass is 10.2. The van der Waals surface area contributed by atoms with Crippen LogP contribution in [-0.2, 0) is 14.4 Å². The van der Waals surface area contributed by atoms with E-state index >= 15 is 0 Å². The number of carbonyl (C=O) groups is 3. The summed E-state index contributed by atoms with van der Waals surface area (Å²) >= 11 is 0. The van der Waals surface area contributed by atoms with Gasteiger partial charge in [0.2, 0.25) is 0 Å². The van der Waals surface area contributed by atoms with Gasteiger partial charge in [0.1, 0.15) is 18.9 Å². The van der Waals surface area contributed by atoms with Gasteiger partial charge in [-0.15, -0.1) is 0 Å². The lowest BCUT2D eigenvalue weighted by Gasteiger charge is -1.90. The molecule has 0 aromatic carbocycles. The zero-order valence-electron chi connectivity index (χ0n) is 14.4. The smallest absolute Gasteiger partial charge is 0.119 e. The van der Waals surface area contributed by atoms with Crippen LogP contribution >= 0.6 is 0 Å². The van der Waals surface area contributed by atoms with Crippen LogP contribution in [0.15, 0.2) is 0 Å². The molecule has 0 aliphatic heterocycles. The summed E-state index contributed by atoms with van der Waals surface area (Å²) in [5.74, 6) is 0. The van der Waals surface area contributed by atoms with Crippen molar-refractivity contribution in [1.29, 1.82) is 0 Å². The molecule has 0 unspecified atom stereocenters. The molecule has 0 aliphatic carbocycles. The minimum atomic E-state index is 0.733. The number of carbonyl (C=O) groups excluding carboxylic acids is 3. The van der Waals surface area contributed by atoms with E-state index in [1.165, 1.54) is 32.1 Å². The van der Waals surface area contributed by atoms with E-state index in [0.29, 0.717) is 0 Å². The largest absolute Gasteiger partial charge is 0.303 e. The Balaban J connectivity index is -0.000000234. The van der Waals surface area contributed by atoms with E-state index in [1.54, 1.807) is 0 Å². The molecule has 0 fully saturated rings. The molecule has 0 rings (SSSR count). The fourth-order valence-electron chi connectivity index (χ4n) is 1.42. The molecule has 0 aromatic heterocycles. The lowest BCUT2D eigenvalue weighted by molar-refractivity contribution is -0.108. The first-order valence-electron chi connectivity index (χ1n) is 8.55. The first-order chi connectivity index (χ1) is 10.2. The van der Waals surface area contributed by atoms with Crippen LogP contribution in [0.3, 0.4) is 0 Å². The molecule has 0 atom stereocenters. The summed E-state index contributed by atoms with van der Waals surface area (Å²) in [7, 11) is 0. The Morgan fingerprint density at radius 1 is 0.476 bits per heavy atom. The number of aldehydes is 3. The molecule has 0 amide bonds. The van der Waals surface area contributed by atoms with Crippen LogP contribution in [0.5, 0.6) is 0 Å². The number of rotatable bonds is 12. The molecule has 0 aromatic rings. The third-order valence-electron chi connectivity index (χ3n) is 2.78. The van der Waals surface area contributed by atoms with Crippen LogP contribution in [-0.4, -0.2) is 18.9 Å². The molecule has 126 valence electrons. The Bertz CT molecular complexity index is 191. The fourth-order valence-corrected chi connectivity index (χ4v) is 1.42. The highest BCUT2D eigenvalue weighted by atomic mass is 16.1. The normalized spacial score (nSPS) is 8.71. The van der Waals surface area contributed by atoms with Gasteiger partial charge in [-0.25, -0.2) is 0 Å². The van der Waals surface area contributed by atoms with Crippen molar-refractivity contribution in [3.05, 3.63) is 0 Å². The molecule has 0 aliphatic rings. The van der Waals surface area contributed by atoms with Crippen molar-refractivity contribution < 1.29 is 14.4 Å². The monoisotopic (exact) mass is 300 g/mol. The minimum Gasteiger partial charge on any atom is -0.303 e. The van der Waals surface area contributed by atoms with Crippen molar-refractivity contribution in [2.24, 2.45) is 0 Å². The summed E-state index contributed by atoms with van der Waals surface area (Å²) in [4.78, 5) is 29.0. The van der Waals surface area contributed by atoms with Crippen LogP contribution in [0.2, 0.25) is 0 Å². The van der Waals surface area contributed by atoms with Gasteiger partial charge in [0, 0.05) is 19.3 Å². The van der Waals surface area contributed by atoms with Crippen molar-refractivity contribution >= 4 is 18.9 Å². The van der Waals surface area contributed by atoms with Gasteiger partial charge in [-0.05, 0) is 19.3 Å². The molecular weight excluding hydrogens is 264 g/mol. The zero-order valence-corrected chi connectivity index (χ0v) is 14.4. The van der Waals surface area contributed by atoms with Crippen LogP contribution in [0.25, 0.3) is 0 Å². The van der Waals surface area contributed by atoms with Crippen molar-refractivity contribution in [2.75, 3.05) is 0 Å². The van der Waals surface area contributed by atoms with Crippen molar-refractivity contribution in [3.63, 3.8) is 0 Å². The first-order valence-corrected chi connectivity index (χ1v) is 8.55. The number of unbranched alkanes of at least 4 members (excludes halogenated alkanes) is 9. The van der Waals surface area contributed by atoms with Gasteiger partial charge >= 0.3 is 0 Å². The molecule has 0 heterocycles. The molecule has 21 heavy (non-hydrogen) atoms. The molecule has 0 radical (unpaired) electrons. The van der Waals surface area contributed by atoms with Gasteiger partial charge in [-0.3, -0.25) is 0 Å². The van der Waals surface area contributed by atoms with Crippen LogP contribution in [0.4, 0.5) is 0 Å². The van der Waals surface area contributed by atoms with E-state index in [-0.39, 0.29) is 0 Å². The summed E-state index contributed by atoms with van der Waals surface area (Å²) in [5.41, 5.74) is 0. The Hall–Kier alpha value is -0.990. The highest BCUT2D eigenvalue weighted by Crippen LogP contribution is 1.99. The Kier molecular flexibility index (Phi) is 37.4. The summed E-state index contributed by atoms with van der Waals surface area (Å²) in [6.07, 6.45) is 15.6. The van der Waals surface area contributed by atoms with Gasteiger partial charge in [-0.2, -0.15) is 0 Å². The number of hydrogen-bond donors (Lipinski definition) is 0. The molecule has 3 nitrogen and oxygen atoms in total. The van der Waals surface area contributed by atoms with Crippen molar-refractivity contribution in [3.8, 4) is 0 Å². The standard InChI is InChI=1S/C7H14O.C6H12O.C5H10O/c1-2-3-4-5-6-7-8;1-2-3-4-5-6-7;1-2-3-4-5-6/h7H,2-6H2,1H3;6H,2-5H2,1H3;5H,2-4H2,1H3. The van der Waals surface area contributed by atoms with E-state index in [2.05, 4.69) is 20.8 Å². The maximum absolute atomic E-state index is 9.77. The Morgan fingerprint density at radius 2 is 0.810 bits per heavy atom. The van der Waals surface area contributed by atoms with E-state index in [4.69, 9.17) is 0 Å². The van der Waals surface area contributed by atoms with Gasteiger partial charge in [0.15, 0.2) is 0 Å². The summed E-state index contributed by atoms with van der Waals surface area (Å²) < 4.78 is 0. The summed E-state index contributed by atoms with van der Waals surface area (Å²) in [6.45, 7) is 6.37. The second-order valence-electron chi connectivity index (χ2n) is 4.99. The van der Waals surface area contributed by atoms with E-state index in [1.807, 2.05) is 0 Å². The fraction of sp³-hybridized carbons (Fsp3) is 0.833. The quantitative estimate of drug-likeness (QED) is 0.363. The summed E-state index contributed by atoms with van der Waals surface area (Å²) in [5, 5.41) is 0. The van der Waals surface area contributed by atoms with Gasteiger partial charge in [0.25, 0.3) is 0 Å². The maximum atomic E-state index is 9.77. The average molecular weight is 300 g/mol. The third kappa shape index (κ3) is 45.4. The van der Waals surface area contributed by atoms with E-state index in [0.717, 1.165) is 63.8 Å². The maximum Gasteiger partial charge on any atom is 0.119 e. The lowest BCUT2D eigenvalue weighted by Crippen LogP contribution is -1.76. The van der Waals surface area contributed by atoms with Crippen LogP contribution in [0.1, 0.15) is 97.8 Å². The molecule has 0 spiro atoms. The predicted octanol–water partition coefficient (Wildman–Crippen LogP) is 5.30. The first kappa shape index (κ1) is 25.0. The third-order valence-corrected chi connectivity index (χ3v) is 2.78. The predicted molar refractivity (Wildman–Crippen MR) is 90.6 cm³/mol. The van der Waals surface area contributed by atoms with Crippen molar-refractivity contribution in [2.45, 2.75) is 97.8 Å². The summed E-state index contributed by atoms with van der Waals surface area (Å²) in [6, 6.07) is 0. The molecule has 0 N–H and O–H groups in total. The average Bonchev–Trinajstić information content (AvgIpc) is 2.51.